The van der Waals surface area contributed by atoms with Crippen molar-refractivity contribution in [2.45, 2.75) is 38.9 Å². The minimum Gasteiger partial charge on any atom is -0.456 e. The largest absolute Gasteiger partial charge is 0.456 e. The van der Waals surface area contributed by atoms with Crippen LogP contribution in [0.1, 0.15) is 27.7 Å². The van der Waals surface area contributed by atoms with Crippen molar-refractivity contribution in [2.24, 2.45) is 0 Å². The van der Waals surface area contributed by atoms with Gasteiger partial charge >= 0.3 is 7.48 Å². The Bertz CT molecular complexity index is 1780. The Morgan fingerprint density at radius 3 is 2.00 bits per heavy atom. The summed E-state index contributed by atoms with van der Waals surface area (Å²) in [5, 5.41) is 15.3. The molecule has 3 nitrogen and oxygen atoms in total. The second-order valence-corrected chi connectivity index (χ2v) is 11.0. The van der Waals surface area contributed by atoms with Crippen molar-refractivity contribution < 1.29 is 14.2 Å². The summed E-state index contributed by atoms with van der Waals surface area (Å²) < 4.78 is 12.9. The Labute approximate surface area is 224 Å². The molecular weight excluding hydrogens is 467 g/mol. The molecule has 1 N–H and O–H groups in total. The molecule has 0 saturated heterocycles. The summed E-state index contributed by atoms with van der Waals surface area (Å²) in [7, 11) is 0.328. The van der Waals surface area contributed by atoms with Gasteiger partial charge in [0, 0.05) is 10.8 Å². The van der Waals surface area contributed by atoms with Crippen molar-refractivity contribution in [3.05, 3.63) is 103 Å². The monoisotopic (exact) mass is 498 g/mol. The highest BCUT2D eigenvalue weighted by Gasteiger charge is 2.36. The second-order valence-electron chi connectivity index (χ2n) is 11.0. The third-order valence-electron chi connectivity index (χ3n) is 7.96. The van der Waals surface area contributed by atoms with Gasteiger partial charge in [0.1, 0.15) is 11.2 Å². The van der Waals surface area contributed by atoms with Crippen molar-refractivity contribution in [3.8, 4) is 22.3 Å². The van der Waals surface area contributed by atoms with Crippen LogP contribution in [0, 0.1) is 0 Å². The zero-order valence-corrected chi connectivity index (χ0v) is 22.3. The Balaban J connectivity index is 1.63. The van der Waals surface area contributed by atoms with Crippen LogP contribution in [0.5, 0.6) is 0 Å². The first-order valence-corrected chi connectivity index (χ1v) is 13.1. The van der Waals surface area contributed by atoms with Crippen LogP contribution in [-0.4, -0.2) is 23.8 Å². The van der Waals surface area contributed by atoms with E-state index < -0.39 is 11.2 Å². The summed E-state index contributed by atoms with van der Waals surface area (Å²) in [4.78, 5) is 0. The van der Waals surface area contributed by atoms with E-state index in [0.717, 1.165) is 55.0 Å². The van der Waals surface area contributed by atoms with E-state index in [0.29, 0.717) is 7.48 Å². The molecule has 0 aliphatic rings. The Hall–Kier alpha value is -3.86. The number of aliphatic hydroxyl groups is 1. The van der Waals surface area contributed by atoms with Gasteiger partial charge in [-0.25, -0.2) is 0 Å². The van der Waals surface area contributed by atoms with Crippen LogP contribution in [0.3, 0.4) is 0 Å². The molecule has 0 fully saturated rings. The molecule has 188 valence electrons. The van der Waals surface area contributed by atoms with Crippen LogP contribution in [0.4, 0.5) is 0 Å². The van der Waals surface area contributed by atoms with E-state index in [-0.39, 0.29) is 0 Å². The third kappa shape index (κ3) is 4.20. The van der Waals surface area contributed by atoms with Crippen molar-refractivity contribution in [1.29, 1.82) is 0 Å². The number of rotatable bonds is 6. The topological polar surface area (TPSA) is 42.6 Å². The van der Waals surface area contributed by atoms with Gasteiger partial charge in [0.2, 0.25) is 0 Å². The third-order valence-corrected chi connectivity index (χ3v) is 7.96. The summed E-state index contributed by atoms with van der Waals surface area (Å²) in [6.07, 6.45) is 0. The average Bonchev–Trinajstić information content (AvgIpc) is 3.28. The smallest absolute Gasteiger partial charge is 0.310 e. The van der Waals surface area contributed by atoms with E-state index in [2.05, 4.69) is 91.0 Å². The maximum atomic E-state index is 10.8. The fourth-order valence-corrected chi connectivity index (χ4v) is 5.04. The number of fused-ring (bicyclic) bond motifs is 4. The van der Waals surface area contributed by atoms with E-state index in [4.69, 9.17) is 9.07 Å². The number of hydrogen-bond acceptors (Lipinski definition) is 3. The maximum Gasteiger partial charge on any atom is 0.310 e. The molecule has 0 bridgehead atoms. The molecule has 0 amide bonds. The quantitative estimate of drug-likeness (QED) is 0.240. The summed E-state index contributed by atoms with van der Waals surface area (Å²) >= 11 is 0. The zero-order valence-electron chi connectivity index (χ0n) is 22.3. The number of hydrogen-bond donors (Lipinski definition) is 1. The van der Waals surface area contributed by atoms with Gasteiger partial charge in [-0.1, -0.05) is 84.9 Å². The molecular formula is C34H31BO3. The first-order chi connectivity index (χ1) is 18.2. The summed E-state index contributed by atoms with van der Waals surface area (Å²) in [6, 6.07) is 35.9. The highest BCUT2D eigenvalue weighted by atomic mass is 16.5. The normalized spacial score (nSPS) is 12.4. The van der Waals surface area contributed by atoms with Crippen LogP contribution >= 0.6 is 0 Å². The van der Waals surface area contributed by atoms with Crippen LogP contribution in [-0.2, 0) is 4.65 Å². The summed E-state index contributed by atoms with van der Waals surface area (Å²) in [6.45, 7) is 7.45. The molecule has 4 heteroatoms. The number of furan rings is 1. The van der Waals surface area contributed by atoms with Gasteiger partial charge in [0.05, 0.1) is 11.2 Å². The van der Waals surface area contributed by atoms with Gasteiger partial charge in [-0.05, 0) is 84.4 Å². The molecule has 5 aromatic carbocycles. The minimum atomic E-state index is -1.02. The molecule has 0 aliphatic heterocycles. The predicted octanol–water partition coefficient (Wildman–Crippen LogP) is 7.62. The minimum absolute atomic E-state index is 0.328. The van der Waals surface area contributed by atoms with Gasteiger partial charge in [0.25, 0.3) is 0 Å². The molecule has 0 radical (unpaired) electrons. The first kappa shape index (κ1) is 24.5. The SMILES string of the molecule is CC(C)(O)C(C)(C)OBc1c(-c2ccccc2-c2ccccc2)ccc2oc3cc4ccccc4cc3c12. The average molecular weight is 498 g/mol. The van der Waals surface area contributed by atoms with E-state index >= 15 is 0 Å². The second kappa shape index (κ2) is 9.16. The molecule has 0 unspecified atom stereocenters. The van der Waals surface area contributed by atoms with E-state index in [1.807, 2.05) is 26.0 Å². The molecule has 38 heavy (non-hydrogen) atoms. The maximum absolute atomic E-state index is 10.8. The molecule has 1 aromatic heterocycles. The lowest BCUT2D eigenvalue weighted by atomic mass is 9.75. The first-order valence-electron chi connectivity index (χ1n) is 13.1. The van der Waals surface area contributed by atoms with E-state index in [9.17, 15) is 5.11 Å². The molecule has 0 saturated carbocycles. The molecule has 6 aromatic rings. The number of benzene rings is 5. The predicted molar refractivity (Wildman–Crippen MR) is 160 cm³/mol. The van der Waals surface area contributed by atoms with Crippen LogP contribution < -0.4 is 5.46 Å². The van der Waals surface area contributed by atoms with Crippen molar-refractivity contribution in [1.82, 2.24) is 0 Å². The molecule has 0 atom stereocenters. The molecule has 0 aliphatic carbocycles. The van der Waals surface area contributed by atoms with E-state index in [1.54, 1.807) is 13.8 Å². The van der Waals surface area contributed by atoms with Crippen molar-refractivity contribution >= 4 is 45.7 Å². The lowest BCUT2D eigenvalue weighted by Gasteiger charge is -2.37. The Kier molecular flexibility index (Phi) is 5.90. The highest BCUT2D eigenvalue weighted by Crippen LogP contribution is 2.37. The van der Waals surface area contributed by atoms with Gasteiger partial charge in [-0.2, -0.15) is 0 Å². The fourth-order valence-electron chi connectivity index (χ4n) is 5.04. The van der Waals surface area contributed by atoms with E-state index in [1.165, 1.54) is 5.39 Å². The molecule has 1 heterocycles. The Morgan fingerprint density at radius 2 is 1.29 bits per heavy atom. The summed E-state index contributed by atoms with van der Waals surface area (Å²) in [5.74, 6) is 0. The van der Waals surface area contributed by atoms with Crippen LogP contribution in [0.15, 0.2) is 108 Å². The van der Waals surface area contributed by atoms with Crippen molar-refractivity contribution in [2.75, 3.05) is 0 Å². The fraction of sp³-hybridized carbons (Fsp3) is 0.176. The lowest BCUT2D eigenvalue weighted by molar-refractivity contribution is -0.0892. The van der Waals surface area contributed by atoms with Gasteiger partial charge in [0.15, 0.2) is 0 Å². The molecule has 6 rings (SSSR count). The highest BCUT2D eigenvalue weighted by molar-refractivity contribution is 6.55. The molecule has 0 spiro atoms. The van der Waals surface area contributed by atoms with Gasteiger partial charge < -0.3 is 14.2 Å². The zero-order chi connectivity index (χ0) is 26.5. The Morgan fingerprint density at radius 1 is 0.658 bits per heavy atom. The standard InChI is InChI=1S/C34H31BO3/c1-33(2,36)34(3,4)38-35-32-27(26-17-11-10-16-25(26)22-12-6-5-7-13-22)18-19-29-31(32)28-20-23-14-8-9-15-24(23)21-30(28)37-29/h5-21,35-36H,1-4H3. The van der Waals surface area contributed by atoms with Gasteiger partial charge in [-0.15, -0.1) is 0 Å². The van der Waals surface area contributed by atoms with Crippen molar-refractivity contribution in [3.63, 3.8) is 0 Å². The summed E-state index contributed by atoms with van der Waals surface area (Å²) in [5.41, 5.74) is 5.51. The lowest BCUT2D eigenvalue weighted by Crippen LogP contribution is -2.49. The van der Waals surface area contributed by atoms with Crippen LogP contribution in [0.25, 0.3) is 55.0 Å². The van der Waals surface area contributed by atoms with Crippen LogP contribution in [0.2, 0.25) is 0 Å². The van der Waals surface area contributed by atoms with Gasteiger partial charge in [-0.3, -0.25) is 0 Å².